The quantitative estimate of drug-likeness (QED) is 0.688. The molecule has 0 aromatic carbocycles. The van der Waals surface area contributed by atoms with E-state index >= 15 is 0 Å². The van der Waals surface area contributed by atoms with E-state index in [-0.39, 0.29) is 23.4 Å². The molecule has 0 aromatic heterocycles. The van der Waals surface area contributed by atoms with Crippen molar-refractivity contribution in [2.75, 3.05) is 6.61 Å². The molecule has 0 saturated heterocycles. The molecule has 2 saturated carbocycles. The fourth-order valence-electron chi connectivity index (χ4n) is 4.35. The summed E-state index contributed by atoms with van der Waals surface area (Å²) >= 11 is 0. The molecule has 0 heterocycles. The molecule has 84 valence electrons. The van der Waals surface area contributed by atoms with Gasteiger partial charge in [-0.2, -0.15) is 0 Å². The van der Waals surface area contributed by atoms with Crippen LogP contribution in [0.5, 0.6) is 0 Å². The maximum absolute atomic E-state index is 9.52. The van der Waals surface area contributed by atoms with Gasteiger partial charge in [0.2, 0.25) is 0 Å². The largest absolute Gasteiger partial charge is 0.396 e. The summed E-state index contributed by atoms with van der Waals surface area (Å²) in [6.07, 6.45) is 2.10. The normalized spacial score (nSPS) is 44.5. The second kappa shape index (κ2) is 2.98. The molecule has 2 aliphatic rings. The summed E-state index contributed by atoms with van der Waals surface area (Å²) in [5.41, 5.74) is 3.03. The van der Waals surface area contributed by atoms with Gasteiger partial charge >= 0.3 is 0 Å². The van der Waals surface area contributed by atoms with Crippen LogP contribution < -0.4 is 0 Å². The Morgan fingerprint density at radius 1 is 1.40 bits per heavy atom. The van der Waals surface area contributed by atoms with Crippen molar-refractivity contribution in [3.8, 4) is 0 Å². The van der Waals surface area contributed by atoms with Crippen molar-refractivity contribution in [1.82, 2.24) is 0 Å². The molecule has 15 heavy (non-hydrogen) atoms. The van der Waals surface area contributed by atoms with Gasteiger partial charge in [0, 0.05) is 11.3 Å². The summed E-state index contributed by atoms with van der Waals surface area (Å²) < 4.78 is 0. The number of aliphatic hydroxyl groups is 1. The van der Waals surface area contributed by atoms with Gasteiger partial charge in [0.1, 0.15) is 0 Å². The molecule has 0 spiro atoms. The topological polar surface area (TPSA) is 20.2 Å². The highest BCUT2D eigenvalue weighted by Crippen LogP contribution is 2.74. The van der Waals surface area contributed by atoms with Gasteiger partial charge in [-0.3, -0.25) is 0 Å². The Hall–Kier alpha value is -0.560. The second-order valence-corrected chi connectivity index (χ2v) is 5.89. The van der Waals surface area contributed by atoms with Crippen LogP contribution in [0.1, 0.15) is 33.6 Å². The fraction of sp³-hybridized carbons (Fsp3) is 0.714. The third-order valence-electron chi connectivity index (χ3n) is 5.17. The lowest BCUT2D eigenvalue weighted by Crippen LogP contribution is -2.53. The number of hydrogen-bond donors (Lipinski definition) is 1. The average Bonchev–Trinajstić information content (AvgIpc) is 2.30. The average molecular weight is 206 g/mol. The first-order valence-corrected chi connectivity index (χ1v) is 5.87. The zero-order valence-electron chi connectivity index (χ0n) is 10.1. The third kappa shape index (κ3) is 0.977. The van der Waals surface area contributed by atoms with E-state index in [0.717, 1.165) is 12.8 Å². The molecule has 0 aromatic rings. The Morgan fingerprint density at radius 3 is 2.33 bits per heavy atom. The van der Waals surface area contributed by atoms with Crippen molar-refractivity contribution in [2.45, 2.75) is 33.6 Å². The van der Waals surface area contributed by atoms with Crippen molar-refractivity contribution in [3.05, 3.63) is 24.3 Å². The van der Waals surface area contributed by atoms with Crippen molar-refractivity contribution in [2.24, 2.45) is 22.7 Å². The molecule has 2 rings (SSSR count). The number of rotatable bonds is 2. The van der Waals surface area contributed by atoms with Crippen LogP contribution >= 0.6 is 0 Å². The van der Waals surface area contributed by atoms with Crippen LogP contribution in [-0.2, 0) is 0 Å². The first kappa shape index (κ1) is 10.9. The van der Waals surface area contributed by atoms with Crippen LogP contribution in [0.3, 0.4) is 0 Å². The van der Waals surface area contributed by atoms with Crippen molar-refractivity contribution < 1.29 is 5.11 Å². The molecule has 0 amide bonds. The van der Waals surface area contributed by atoms with E-state index in [2.05, 4.69) is 33.9 Å². The smallest absolute Gasteiger partial charge is 0.0502 e. The molecular weight excluding hydrogens is 184 g/mol. The summed E-state index contributed by atoms with van der Waals surface area (Å²) in [6, 6.07) is 0. The molecule has 1 N–H and O–H groups in total. The van der Waals surface area contributed by atoms with Crippen molar-refractivity contribution in [3.63, 3.8) is 0 Å². The second-order valence-electron chi connectivity index (χ2n) is 5.89. The van der Waals surface area contributed by atoms with Crippen molar-refractivity contribution in [1.29, 1.82) is 0 Å². The standard InChI is InChI=1S/C14H22O/c1-9(2)14-6-10(3)12(8-15)13(14,5)7-11(14)4/h9,12,15H,3-4,6-8H2,1-2,5H3. The van der Waals surface area contributed by atoms with Crippen LogP contribution in [-0.4, -0.2) is 11.7 Å². The third-order valence-corrected chi connectivity index (χ3v) is 5.17. The van der Waals surface area contributed by atoms with Gasteiger partial charge in [-0.1, -0.05) is 45.1 Å². The molecule has 2 aliphatic carbocycles. The maximum atomic E-state index is 9.52. The van der Waals surface area contributed by atoms with E-state index in [4.69, 9.17) is 0 Å². The van der Waals surface area contributed by atoms with Gasteiger partial charge in [-0.15, -0.1) is 0 Å². The van der Waals surface area contributed by atoms with E-state index in [0.29, 0.717) is 5.92 Å². The van der Waals surface area contributed by atoms with Crippen LogP contribution in [0, 0.1) is 22.7 Å². The summed E-state index contributed by atoms with van der Waals surface area (Å²) in [6.45, 7) is 15.5. The van der Waals surface area contributed by atoms with Crippen LogP contribution in [0.25, 0.3) is 0 Å². The SMILES string of the molecule is C=C1CC2(C(C)C)C(=C)CC2(C)C1CO. The van der Waals surface area contributed by atoms with Crippen LogP contribution in [0.15, 0.2) is 24.3 Å². The summed E-state index contributed by atoms with van der Waals surface area (Å²) in [5.74, 6) is 0.877. The van der Waals surface area contributed by atoms with E-state index in [1.54, 1.807) is 0 Å². The minimum atomic E-state index is 0.212. The lowest BCUT2D eigenvalue weighted by molar-refractivity contribution is -0.0430. The van der Waals surface area contributed by atoms with E-state index in [1.165, 1.54) is 11.1 Å². The number of hydrogen-bond acceptors (Lipinski definition) is 1. The Balaban J connectivity index is 2.46. The summed E-state index contributed by atoms with van der Waals surface area (Å²) in [4.78, 5) is 0. The molecule has 2 fully saturated rings. The summed E-state index contributed by atoms with van der Waals surface area (Å²) in [7, 11) is 0. The van der Waals surface area contributed by atoms with Gasteiger partial charge in [0.25, 0.3) is 0 Å². The van der Waals surface area contributed by atoms with E-state index in [1.807, 2.05) is 0 Å². The molecular formula is C14H22O. The van der Waals surface area contributed by atoms with Gasteiger partial charge in [-0.25, -0.2) is 0 Å². The lowest BCUT2D eigenvalue weighted by atomic mass is 9.44. The summed E-state index contributed by atoms with van der Waals surface area (Å²) in [5, 5.41) is 9.52. The van der Waals surface area contributed by atoms with Gasteiger partial charge < -0.3 is 5.11 Å². The predicted octanol–water partition coefficient (Wildman–Crippen LogP) is 3.16. The Morgan fingerprint density at radius 2 is 2.00 bits per heavy atom. The Kier molecular flexibility index (Phi) is 2.17. The van der Waals surface area contributed by atoms with Gasteiger partial charge in [0.05, 0.1) is 6.61 Å². The molecule has 0 radical (unpaired) electrons. The monoisotopic (exact) mass is 206 g/mol. The number of allylic oxidation sites excluding steroid dienone is 1. The first-order chi connectivity index (χ1) is 6.90. The highest BCUT2D eigenvalue weighted by Gasteiger charge is 2.67. The number of fused-ring (bicyclic) bond motifs is 1. The Labute approximate surface area is 92.9 Å². The maximum Gasteiger partial charge on any atom is 0.0502 e. The number of aliphatic hydroxyl groups excluding tert-OH is 1. The highest BCUT2D eigenvalue weighted by atomic mass is 16.3. The zero-order chi connectivity index (χ0) is 11.4. The van der Waals surface area contributed by atoms with Crippen LogP contribution in [0.2, 0.25) is 0 Å². The van der Waals surface area contributed by atoms with Crippen LogP contribution in [0.4, 0.5) is 0 Å². The lowest BCUT2D eigenvalue weighted by Gasteiger charge is -2.60. The van der Waals surface area contributed by atoms with Gasteiger partial charge in [-0.05, 0) is 24.2 Å². The Bertz CT molecular complexity index is 328. The molecule has 1 nitrogen and oxygen atoms in total. The van der Waals surface area contributed by atoms with Crippen molar-refractivity contribution >= 4 is 0 Å². The van der Waals surface area contributed by atoms with E-state index in [9.17, 15) is 5.11 Å². The fourth-order valence-corrected chi connectivity index (χ4v) is 4.35. The molecule has 3 unspecified atom stereocenters. The first-order valence-electron chi connectivity index (χ1n) is 5.87. The minimum Gasteiger partial charge on any atom is -0.396 e. The molecule has 1 heteroatoms. The predicted molar refractivity (Wildman–Crippen MR) is 63.5 cm³/mol. The minimum absolute atomic E-state index is 0.212. The molecule has 0 bridgehead atoms. The molecule has 0 aliphatic heterocycles. The van der Waals surface area contributed by atoms with E-state index < -0.39 is 0 Å². The van der Waals surface area contributed by atoms with Gasteiger partial charge in [0.15, 0.2) is 0 Å². The highest BCUT2D eigenvalue weighted by molar-refractivity contribution is 5.40. The molecule has 3 atom stereocenters. The zero-order valence-corrected chi connectivity index (χ0v) is 10.1.